The summed E-state index contributed by atoms with van der Waals surface area (Å²) in [6.07, 6.45) is 0. The van der Waals surface area contributed by atoms with Gasteiger partial charge in [0.2, 0.25) is 0 Å². The van der Waals surface area contributed by atoms with Crippen molar-refractivity contribution in [1.29, 1.82) is 0 Å². The first-order valence-corrected chi connectivity index (χ1v) is 7.69. The molecular formula is C17H15Cl2NO3. The third-order valence-electron chi connectivity index (χ3n) is 3.09. The summed E-state index contributed by atoms with van der Waals surface area (Å²) in [5.41, 5.74) is 1.08. The fourth-order valence-corrected chi connectivity index (χ4v) is 2.32. The van der Waals surface area contributed by atoms with Gasteiger partial charge in [0.15, 0.2) is 0 Å². The first kappa shape index (κ1) is 17.3. The van der Waals surface area contributed by atoms with Gasteiger partial charge in [-0.1, -0.05) is 47.5 Å². The highest BCUT2D eigenvalue weighted by atomic mass is 35.5. The molecule has 120 valence electrons. The molecule has 0 aromatic heterocycles. The highest BCUT2D eigenvalue weighted by Crippen LogP contribution is 2.15. The number of halogens is 2. The van der Waals surface area contributed by atoms with Gasteiger partial charge in [-0.15, -0.1) is 0 Å². The lowest BCUT2D eigenvalue weighted by Gasteiger charge is -2.14. The van der Waals surface area contributed by atoms with Crippen molar-refractivity contribution in [1.82, 2.24) is 5.32 Å². The van der Waals surface area contributed by atoms with Gasteiger partial charge < -0.3 is 10.1 Å². The minimum atomic E-state index is -0.794. The van der Waals surface area contributed by atoms with Crippen LogP contribution < -0.4 is 5.32 Å². The van der Waals surface area contributed by atoms with Gasteiger partial charge >= 0.3 is 5.97 Å². The summed E-state index contributed by atoms with van der Waals surface area (Å²) in [4.78, 5) is 24.0. The standard InChI is InChI=1S/C17H15Cl2NO3/c1-11(20-16(21)14-7-2-3-8-15(14)19)17(22)23-10-12-5-4-6-13(18)9-12/h2-9,11H,10H2,1H3,(H,20,21)/t11-/m0/s1. The minimum absolute atomic E-state index is 0.0890. The molecular weight excluding hydrogens is 337 g/mol. The third kappa shape index (κ3) is 4.98. The normalized spacial score (nSPS) is 11.6. The van der Waals surface area contributed by atoms with Crippen LogP contribution in [0.4, 0.5) is 0 Å². The summed E-state index contributed by atoms with van der Waals surface area (Å²) in [6.45, 7) is 1.64. The molecule has 23 heavy (non-hydrogen) atoms. The lowest BCUT2D eigenvalue weighted by molar-refractivity contribution is -0.146. The summed E-state index contributed by atoms with van der Waals surface area (Å²) >= 11 is 11.8. The maximum Gasteiger partial charge on any atom is 0.328 e. The molecule has 1 atom stereocenters. The Morgan fingerprint density at radius 1 is 1.13 bits per heavy atom. The van der Waals surface area contributed by atoms with E-state index in [-0.39, 0.29) is 6.61 Å². The summed E-state index contributed by atoms with van der Waals surface area (Å²) in [7, 11) is 0. The molecule has 0 bridgehead atoms. The van der Waals surface area contributed by atoms with Crippen molar-refractivity contribution in [3.05, 3.63) is 69.7 Å². The maximum atomic E-state index is 12.1. The Morgan fingerprint density at radius 2 is 1.87 bits per heavy atom. The summed E-state index contributed by atoms with van der Waals surface area (Å²) in [5, 5.41) is 3.45. The van der Waals surface area contributed by atoms with Crippen molar-refractivity contribution in [2.24, 2.45) is 0 Å². The summed E-state index contributed by atoms with van der Waals surface area (Å²) < 4.78 is 5.17. The number of hydrogen-bond acceptors (Lipinski definition) is 3. The Morgan fingerprint density at radius 3 is 2.57 bits per heavy atom. The molecule has 0 heterocycles. The lowest BCUT2D eigenvalue weighted by atomic mass is 10.2. The van der Waals surface area contributed by atoms with E-state index < -0.39 is 17.9 Å². The van der Waals surface area contributed by atoms with Crippen LogP contribution in [0.2, 0.25) is 10.0 Å². The number of amides is 1. The molecule has 4 nitrogen and oxygen atoms in total. The largest absolute Gasteiger partial charge is 0.459 e. The molecule has 0 saturated heterocycles. The first-order valence-electron chi connectivity index (χ1n) is 6.94. The van der Waals surface area contributed by atoms with Crippen LogP contribution >= 0.6 is 23.2 Å². The highest BCUT2D eigenvalue weighted by molar-refractivity contribution is 6.33. The van der Waals surface area contributed by atoms with Gasteiger partial charge in [-0.25, -0.2) is 4.79 Å². The molecule has 2 rings (SSSR count). The van der Waals surface area contributed by atoms with E-state index in [0.29, 0.717) is 15.6 Å². The third-order valence-corrected chi connectivity index (χ3v) is 3.65. The van der Waals surface area contributed by atoms with Crippen LogP contribution in [0.15, 0.2) is 48.5 Å². The topological polar surface area (TPSA) is 55.4 Å². The van der Waals surface area contributed by atoms with E-state index in [2.05, 4.69) is 5.32 Å². The van der Waals surface area contributed by atoms with Gasteiger partial charge in [0, 0.05) is 5.02 Å². The van der Waals surface area contributed by atoms with E-state index in [1.807, 2.05) is 0 Å². The van der Waals surface area contributed by atoms with Crippen molar-refractivity contribution >= 4 is 35.1 Å². The van der Waals surface area contributed by atoms with Gasteiger partial charge in [0.25, 0.3) is 5.91 Å². The smallest absolute Gasteiger partial charge is 0.328 e. The van der Waals surface area contributed by atoms with Crippen LogP contribution in [0.25, 0.3) is 0 Å². The average Bonchev–Trinajstić information content (AvgIpc) is 2.53. The van der Waals surface area contributed by atoms with Crippen molar-refractivity contribution in [3.8, 4) is 0 Å². The van der Waals surface area contributed by atoms with E-state index >= 15 is 0 Å². The van der Waals surface area contributed by atoms with Crippen LogP contribution in [-0.2, 0) is 16.1 Å². The predicted molar refractivity (Wildman–Crippen MR) is 89.6 cm³/mol. The zero-order chi connectivity index (χ0) is 16.8. The van der Waals surface area contributed by atoms with Gasteiger partial charge in [-0.05, 0) is 36.8 Å². The number of benzene rings is 2. The fourth-order valence-electron chi connectivity index (χ4n) is 1.88. The quantitative estimate of drug-likeness (QED) is 0.832. The molecule has 0 radical (unpaired) electrons. The molecule has 0 saturated carbocycles. The number of rotatable bonds is 5. The molecule has 2 aromatic carbocycles. The Bertz CT molecular complexity index is 718. The molecule has 0 spiro atoms. The first-order chi connectivity index (χ1) is 11.0. The van der Waals surface area contributed by atoms with Gasteiger partial charge in [-0.3, -0.25) is 4.79 Å². The zero-order valence-corrected chi connectivity index (χ0v) is 13.9. The number of esters is 1. The number of hydrogen-bond donors (Lipinski definition) is 1. The van der Waals surface area contributed by atoms with E-state index in [0.717, 1.165) is 5.56 Å². The number of ether oxygens (including phenoxy) is 1. The van der Waals surface area contributed by atoms with E-state index in [9.17, 15) is 9.59 Å². The van der Waals surface area contributed by atoms with E-state index in [1.54, 1.807) is 55.5 Å². The maximum absolute atomic E-state index is 12.1. The van der Waals surface area contributed by atoms with Crippen molar-refractivity contribution in [2.75, 3.05) is 0 Å². The lowest BCUT2D eigenvalue weighted by Crippen LogP contribution is -2.39. The van der Waals surface area contributed by atoms with Gasteiger partial charge in [0.05, 0.1) is 10.6 Å². The monoisotopic (exact) mass is 351 g/mol. The van der Waals surface area contributed by atoms with E-state index in [4.69, 9.17) is 27.9 Å². The van der Waals surface area contributed by atoms with Gasteiger partial charge in [0.1, 0.15) is 12.6 Å². The average molecular weight is 352 g/mol. The predicted octanol–water partition coefficient (Wildman–Crippen LogP) is 3.86. The molecule has 0 aliphatic carbocycles. The molecule has 2 aromatic rings. The Kier molecular flexibility index (Phi) is 6.02. The second kappa shape index (κ2) is 7.99. The zero-order valence-electron chi connectivity index (χ0n) is 12.4. The minimum Gasteiger partial charge on any atom is -0.459 e. The number of carbonyl (C=O) groups is 2. The fraction of sp³-hybridized carbons (Fsp3) is 0.176. The molecule has 0 unspecified atom stereocenters. The summed E-state index contributed by atoms with van der Waals surface area (Å²) in [5.74, 6) is -0.965. The van der Waals surface area contributed by atoms with Crippen LogP contribution in [0.3, 0.4) is 0 Å². The van der Waals surface area contributed by atoms with Crippen molar-refractivity contribution in [3.63, 3.8) is 0 Å². The van der Waals surface area contributed by atoms with Crippen LogP contribution in [0, 0.1) is 0 Å². The molecule has 6 heteroatoms. The van der Waals surface area contributed by atoms with Gasteiger partial charge in [-0.2, -0.15) is 0 Å². The van der Waals surface area contributed by atoms with Crippen LogP contribution in [0.5, 0.6) is 0 Å². The molecule has 0 aliphatic heterocycles. The van der Waals surface area contributed by atoms with Crippen LogP contribution in [-0.4, -0.2) is 17.9 Å². The van der Waals surface area contributed by atoms with Crippen molar-refractivity contribution < 1.29 is 14.3 Å². The second-order valence-corrected chi connectivity index (χ2v) is 5.76. The molecule has 0 aliphatic rings. The Balaban J connectivity index is 1.90. The van der Waals surface area contributed by atoms with E-state index in [1.165, 1.54) is 0 Å². The summed E-state index contributed by atoms with van der Waals surface area (Å²) in [6, 6.07) is 12.8. The second-order valence-electron chi connectivity index (χ2n) is 4.91. The molecule has 1 N–H and O–H groups in total. The SMILES string of the molecule is C[C@H](NC(=O)c1ccccc1Cl)C(=O)OCc1cccc(Cl)c1. The van der Waals surface area contributed by atoms with Crippen molar-refractivity contribution in [2.45, 2.75) is 19.6 Å². The highest BCUT2D eigenvalue weighted by Gasteiger charge is 2.19. The number of carbonyl (C=O) groups excluding carboxylic acids is 2. The van der Waals surface area contributed by atoms with Crippen LogP contribution in [0.1, 0.15) is 22.8 Å². The Hall–Kier alpha value is -2.04. The molecule has 0 fully saturated rings. The molecule has 1 amide bonds. The Labute approximate surface area is 144 Å². The number of nitrogens with one attached hydrogen (secondary N) is 1.